The topological polar surface area (TPSA) is 54.7 Å². The minimum atomic E-state index is 0.575. The van der Waals surface area contributed by atoms with Crippen molar-refractivity contribution in [3.05, 3.63) is 30.0 Å². The van der Waals surface area contributed by atoms with Crippen LogP contribution in [0.3, 0.4) is 0 Å². The van der Waals surface area contributed by atoms with Crippen LogP contribution in [0, 0.1) is 11.3 Å². The molecule has 0 aliphatic carbocycles. The van der Waals surface area contributed by atoms with E-state index in [1.54, 1.807) is 20.3 Å². The summed E-state index contributed by atoms with van der Waals surface area (Å²) < 4.78 is 15.8. The Bertz CT molecular complexity index is 528. The molecule has 0 N–H and O–H groups in total. The van der Waals surface area contributed by atoms with E-state index < -0.39 is 0 Å². The number of hydrogen-bond donors (Lipinski definition) is 0. The molecule has 1 heterocycles. The number of nitriles is 1. The van der Waals surface area contributed by atoms with Crippen LogP contribution < -0.4 is 9.47 Å². The third kappa shape index (κ3) is 3.22. The number of morpholine rings is 1. The predicted molar refractivity (Wildman–Crippen MR) is 75.5 cm³/mol. The second-order valence-electron chi connectivity index (χ2n) is 4.37. The number of nitrogens with zero attached hydrogens (tertiary/aromatic N) is 2. The molecule has 1 aliphatic heterocycles. The lowest BCUT2D eigenvalue weighted by Gasteiger charge is -2.25. The average Bonchev–Trinajstić information content (AvgIpc) is 2.53. The Hall–Kier alpha value is -2.19. The summed E-state index contributed by atoms with van der Waals surface area (Å²) in [5.41, 5.74) is 1.34. The van der Waals surface area contributed by atoms with Crippen molar-refractivity contribution in [2.75, 3.05) is 40.5 Å². The van der Waals surface area contributed by atoms with Gasteiger partial charge in [-0.2, -0.15) is 5.26 Å². The molecule has 0 saturated carbocycles. The second kappa shape index (κ2) is 6.83. The lowest BCUT2D eigenvalue weighted by Crippen LogP contribution is -2.32. The third-order valence-corrected chi connectivity index (χ3v) is 3.18. The largest absolute Gasteiger partial charge is 0.497 e. The minimum absolute atomic E-state index is 0.575. The van der Waals surface area contributed by atoms with E-state index in [2.05, 4.69) is 11.0 Å². The maximum absolute atomic E-state index is 9.39. The standard InChI is InChI=1S/C15H18N2O3/c1-18-13-3-4-14(15(9-13)19-2)12(10-16)11-17-5-7-20-8-6-17/h3-4,9,11H,5-8H2,1-2H3/b12-11-. The highest BCUT2D eigenvalue weighted by molar-refractivity contribution is 5.80. The number of methoxy groups -OCH3 is 2. The fourth-order valence-electron chi connectivity index (χ4n) is 2.07. The summed E-state index contributed by atoms with van der Waals surface area (Å²) in [6.07, 6.45) is 1.87. The monoisotopic (exact) mass is 274 g/mol. The first-order valence-corrected chi connectivity index (χ1v) is 6.44. The molecule has 0 aromatic heterocycles. The van der Waals surface area contributed by atoms with Gasteiger partial charge in [-0.05, 0) is 12.1 Å². The van der Waals surface area contributed by atoms with Gasteiger partial charge in [0.1, 0.15) is 17.6 Å². The molecule has 5 nitrogen and oxygen atoms in total. The van der Waals surface area contributed by atoms with Crippen molar-refractivity contribution in [1.29, 1.82) is 5.26 Å². The SMILES string of the molecule is COc1ccc(/C(C#N)=C\N2CCOCC2)c(OC)c1. The zero-order valence-electron chi connectivity index (χ0n) is 11.8. The molecule has 0 unspecified atom stereocenters. The van der Waals surface area contributed by atoms with Gasteiger partial charge in [-0.15, -0.1) is 0 Å². The molecular weight excluding hydrogens is 256 g/mol. The Kier molecular flexibility index (Phi) is 4.85. The van der Waals surface area contributed by atoms with Crippen molar-refractivity contribution < 1.29 is 14.2 Å². The van der Waals surface area contributed by atoms with Crippen LogP contribution in [0.15, 0.2) is 24.4 Å². The Morgan fingerprint density at radius 2 is 2.05 bits per heavy atom. The lowest BCUT2D eigenvalue weighted by atomic mass is 10.1. The molecule has 2 rings (SSSR count). The molecule has 0 radical (unpaired) electrons. The Morgan fingerprint density at radius 3 is 2.65 bits per heavy atom. The predicted octanol–water partition coefficient (Wildman–Crippen LogP) is 1.90. The van der Waals surface area contributed by atoms with E-state index in [0.29, 0.717) is 30.3 Å². The summed E-state index contributed by atoms with van der Waals surface area (Å²) in [5, 5.41) is 9.39. The molecule has 1 aliphatic rings. The van der Waals surface area contributed by atoms with Gasteiger partial charge >= 0.3 is 0 Å². The number of hydrogen-bond acceptors (Lipinski definition) is 5. The Morgan fingerprint density at radius 1 is 1.30 bits per heavy atom. The Balaban J connectivity index is 2.31. The highest BCUT2D eigenvalue weighted by atomic mass is 16.5. The molecule has 1 aromatic rings. The van der Waals surface area contributed by atoms with E-state index in [9.17, 15) is 5.26 Å². The van der Waals surface area contributed by atoms with Gasteiger partial charge in [0, 0.05) is 30.9 Å². The van der Waals surface area contributed by atoms with Gasteiger partial charge in [0.05, 0.1) is 33.0 Å². The van der Waals surface area contributed by atoms with Gasteiger partial charge in [0.25, 0.3) is 0 Å². The minimum Gasteiger partial charge on any atom is -0.497 e. The van der Waals surface area contributed by atoms with Crippen LogP contribution in [0.5, 0.6) is 11.5 Å². The zero-order chi connectivity index (χ0) is 14.4. The average molecular weight is 274 g/mol. The number of ether oxygens (including phenoxy) is 3. The highest BCUT2D eigenvalue weighted by Crippen LogP contribution is 2.30. The summed E-state index contributed by atoms with van der Waals surface area (Å²) in [4.78, 5) is 2.09. The van der Waals surface area contributed by atoms with Gasteiger partial charge in [0.15, 0.2) is 0 Å². The summed E-state index contributed by atoms with van der Waals surface area (Å²) in [6, 6.07) is 7.68. The van der Waals surface area contributed by atoms with Gasteiger partial charge in [-0.1, -0.05) is 0 Å². The van der Waals surface area contributed by atoms with Crippen LogP contribution in [0.4, 0.5) is 0 Å². The molecule has 0 bridgehead atoms. The van der Waals surface area contributed by atoms with Crippen molar-refractivity contribution in [3.8, 4) is 17.6 Å². The molecule has 1 fully saturated rings. The molecule has 5 heteroatoms. The van der Waals surface area contributed by atoms with Gasteiger partial charge in [-0.25, -0.2) is 0 Å². The van der Waals surface area contributed by atoms with Crippen molar-refractivity contribution in [1.82, 2.24) is 4.90 Å². The molecule has 1 saturated heterocycles. The van der Waals surface area contributed by atoms with Gasteiger partial charge in [-0.3, -0.25) is 0 Å². The number of rotatable bonds is 4. The molecule has 1 aromatic carbocycles. The van der Waals surface area contributed by atoms with Crippen molar-refractivity contribution >= 4 is 5.57 Å². The third-order valence-electron chi connectivity index (χ3n) is 3.18. The van der Waals surface area contributed by atoms with E-state index >= 15 is 0 Å². The number of benzene rings is 1. The van der Waals surface area contributed by atoms with E-state index in [4.69, 9.17) is 14.2 Å². The van der Waals surface area contributed by atoms with Crippen LogP contribution >= 0.6 is 0 Å². The first-order valence-electron chi connectivity index (χ1n) is 6.44. The van der Waals surface area contributed by atoms with E-state index in [0.717, 1.165) is 18.7 Å². The van der Waals surface area contributed by atoms with Crippen LogP contribution in [0.2, 0.25) is 0 Å². The van der Waals surface area contributed by atoms with Gasteiger partial charge < -0.3 is 19.1 Å². The molecule has 0 spiro atoms. The first kappa shape index (κ1) is 14.2. The molecular formula is C15H18N2O3. The molecule has 20 heavy (non-hydrogen) atoms. The summed E-state index contributed by atoms with van der Waals surface area (Å²) in [7, 11) is 3.19. The summed E-state index contributed by atoms with van der Waals surface area (Å²) in [6.45, 7) is 2.97. The van der Waals surface area contributed by atoms with Gasteiger partial charge in [0.2, 0.25) is 0 Å². The van der Waals surface area contributed by atoms with E-state index in [1.807, 2.05) is 18.3 Å². The smallest absolute Gasteiger partial charge is 0.131 e. The maximum atomic E-state index is 9.39. The van der Waals surface area contributed by atoms with E-state index in [1.165, 1.54) is 0 Å². The Labute approximate surface area is 119 Å². The second-order valence-corrected chi connectivity index (χ2v) is 4.37. The summed E-state index contributed by atoms with van der Waals surface area (Å²) >= 11 is 0. The first-order chi connectivity index (χ1) is 9.78. The maximum Gasteiger partial charge on any atom is 0.131 e. The fraction of sp³-hybridized carbons (Fsp3) is 0.400. The van der Waals surface area contributed by atoms with Crippen molar-refractivity contribution in [3.63, 3.8) is 0 Å². The molecule has 106 valence electrons. The normalized spacial score (nSPS) is 15.7. The molecule has 0 atom stereocenters. The van der Waals surface area contributed by atoms with Crippen molar-refractivity contribution in [2.24, 2.45) is 0 Å². The highest BCUT2D eigenvalue weighted by Gasteiger charge is 2.13. The van der Waals surface area contributed by atoms with E-state index in [-0.39, 0.29) is 0 Å². The van der Waals surface area contributed by atoms with Crippen LogP contribution in [-0.2, 0) is 4.74 Å². The fourth-order valence-corrected chi connectivity index (χ4v) is 2.07. The quantitative estimate of drug-likeness (QED) is 0.785. The van der Waals surface area contributed by atoms with Crippen LogP contribution in [0.25, 0.3) is 5.57 Å². The van der Waals surface area contributed by atoms with Crippen LogP contribution in [0.1, 0.15) is 5.56 Å². The summed E-state index contributed by atoms with van der Waals surface area (Å²) in [5.74, 6) is 1.33. The zero-order valence-corrected chi connectivity index (χ0v) is 11.8. The number of allylic oxidation sites excluding steroid dienone is 1. The molecule has 0 amide bonds. The lowest BCUT2D eigenvalue weighted by molar-refractivity contribution is 0.0596. The van der Waals surface area contributed by atoms with Crippen LogP contribution in [-0.4, -0.2) is 45.4 Å². The van der Waals surface area contributed by atoms with Crippen molar-refractivity contribution in [2.45, 2.75) is 0 Å².